The zero-order chi connectivity index (χ0) is 14.0. The summed E-state index contributed by atoms with van der Waals surface area (Å²) in [6.45, 7) is 2.29. The smallest absolute Gasteiger partial charge is 0 e. The van der Waals surface area contributed by atoms with Gasteiger partial charge >= 0.3 is 0 Å². The molecule has 0 nitrogen and oxygen atoms in total. The summed E-state index contributed by atoms with van der Waals surface area (Å²) in [7, 11) is 2.83. The molecule has 1 unspecified atom stereocenters. The average Bonchev–Trinajstić information content (AvgIpc) is 2.43. The van der Waals surface area contributed by atoms with Gasteiger partial charge in [0.1, 0.15) is 0 Å². The fourth-order valence-electron chi connectivity index (χ4n) is 2.69. The predicted molar refractivity (Wildman–Crippen MR) is 94.1 cm³/mol. The first-order chi connectivity index (χ1) is 9.41. The Hall–Kier alpha value is 1.12. The molecule has 0 aromatic rings. The Bertz CT molecular complexity index is 134. The van der Waals surface area contributed by atoms with Gasteiger partial charge in [-0.25, -0.2) is 0 Å². The van der Waals surface area contributed by atoms with Crippen LogP contribution in [0, 0.1) is 0 Å². The van der Waals surface area contributed by atoms with Crippen molar-refractivity contribution in [3.63, 3.8) is 0 Å². The first-order valence-electron chi connectivity index (χ1n) is 9.12. The van der Waals surface area contributed by atoms with Gasteiger partial charge in [-0.15, -0.1) is 9.24 Å². The van der Waals surface area contributed by atoms with Gasteiger partial charge in [-0.05, 0) is 12.6 Å². The number of rotatable bonds is 16. The molecule has 0 aliphatic rings. The molecule has 0 aliphatic heterocycles. The van der Waals surface area contributed by atoms with Crippen LogP contribution in [0.2, 0.25) is 0 Å². The molecule has 0 heterocycles. The fraction of sp³-hybridized carbons (Fsp3) is 1.00. The van der Waals surface area contributed by atoms with Crippen molar-refractivity contribution in [1.82, 2.24) is 0 Å². The predicted octanol–water partition coefficient (Wildman–Crippen LogP) is 7.12. The number of hydrogen-bond donors (Lipinski definition) is 0. The quantitative estimate of drug-likeness (QED) is 0.167. The van der Waals surface area contributed by atoms with Crippen LogP contribution < -0.4 is 0 Å². The van der Waals surface area contributed by atoms with Gasteiger partial charge in [-0.1, -0.05) is 103 Å². The van der Waals surface area contributed by atoms with Crippen molar-refractivity contribution in [2.75, 3.05) is 6.16 Å². The summed E-state index contributed by atoms with van der Waals surface area (Å²) in [5, 5.41) is 0. The normalized spacial score (nSPS) is 10.5. The van der Waals surface area contributed by atoms with Gasteiger partial charge in [-0.2, -0.15) is 0 Å². The third-order valence-electron chi connectivity index (χ3n) is 4.06. The van der Waals surface area contributed by atoms with Gasteiger partial charge < -0.3 is 0 Å². The van der Waals surface area contributed by atoms with Gasteiger partial charge in [0, 0.05) is 21.1 Å². The van der Waals surface area contributed by atoms with E-state index in [2.05, 4.69) is 16.2 Å². The summed E-state index contributed by atoms with van der Waals surface area (Å²) < 4.78 is 0. The Morgan fingerprint density at radius 3 is 0.950 bits per heavy atom. The number of hydrogen-bond acceptors (Lipinski definition) is 0. The third-order valence-corrected chi connectivity index (χ3v) is 4.47. The first-order valence-corrected chi connectivity index (χ1v) is 9.93. The monoisotopic (exact) mass is 470 g/mol. The molecule has 0 spiro atoms. The van der Waals surface area contributed by atoms with Crippen LogP contribution in [-0.2, 0) is 21.1 Å². The Morgan fingerprint density at radius 1 is 0.450 bits per heavy atom. The molecule has 2 heteroatoms. The van der Waals surface area contributed by atoms with Crippen LogP contribution in [0.4, 0.5) is 0 Å². The van der Waals surface area contributed by atoms with Crippen LogP contribution in [0.15, 0.2) is 0 Å². The second-order valence-electron chi connectivity index (χ2n) is 6.09. The molecular formula is C18H39PW. The zero-order valence-corrected chi connectivity index (χ0v) is 18.1. The van der Waals surface area contributed by atoms with Gasteiger partial charge in [0.2, 0.25) is 0 Å². The second kappa shape index (κ2) is 22.4. The fourth-order valence-corrected chi connectivity index (χ4v) is 2.98. The van der Waals surface area contributed by atoms with Gasteiger partial charge in [0.25, 0.3) is 0 Å². The molecule has 20 heavy (non-hydrogen) atoms. The summed E-state index contributed by atoms with van der Waals surface area (Å²) >= 11 is 0. The van der Waals surface area contributed by atoms with E-state index in [4.69, 9.17) is 0 Å². The molecule has 0 fully saturated rings. The molecule has 122 valence electrons. The SMILES string of the molecule is CCCCCCCCCCCCCCCCCCP.[W]. The molecule has 0 aromatic carbocycles. The minimum atomic E-state index is 0. The molecule has 0 bridgehead atoms. The molecule has 0 N–H and O–H groups in total. The third kappa shape index (κ3) is 21.4. The van der Waals surface area contributed by atoms with Gasteiger partial charge in [0.15, 0.2) is 0 Å². The number of unbranched alkanes of at least 4 members (excludes halogenated alkanes) is 15. The Kier molecular flexibility index (Phi) is 26.2. The summed E-state index contributed by atoms with van der Waals surface area (Å²) in [6.07, 6.45) is 24.7. The van der Waals surface area contributed by atoms with Crippen molar-refractivity contribution in [3.05, 3.63) is 0 Å². The summed E-state index contributed by atoms with van der Waals surface area (Å²) in [5.74, 6) is 0. The molecule has 0 saturated carbocycles. The van der Waals surface area contributed by atoms with E-state index in [1.54, 1.807) is 0 Å². The van der Waals surface area contributed by atoms with Crippen LogP contribution in [0.5, 0.6) is 0 Å². The zero-order valence-electron chi connectivity index (χ0n) is 14.0. The maximum atomic E-state index is 2.83. The van der Waals surface area contributed by atoms with Crippen molar-refractivity contribution in [1.29, 1.82) is 0 Å². The molecule has 1 atom stereocenters. The molecular weight excluding hydrogens is 431 g/mol. The van der Waals surface area contributed by atoms with E-state index in [1.807, 2.05) is 0 Å². The van der Waals surface area contributed by atoms with Crippen molar-refractivity contribution in [2.24, 2.45) is 0 Å². The van der Waals surface area contributed by atoms with Crippen molar-refractivity contribution in [3.8, 4) is 0 Å². The molecule has 0 saturated heterocycles. The van der Waals surface area contributed by atoms with Crippen molar-refractivity contribution >= 4 is 9.24 Å². The minimum Gasteiger partial charge on any atom is -0.138 e. The summed E-state index contributed by atoms with van der Waals surface area (Å²) in [6, 6.07) is 0. The maximum Gasteiger partial charge on any atom is 0 e. The standard InChI is InChI=1S/C18H39P.W/c1-2-3-4-5-6-7-8-9-10-11-12-13-14-15-16-17-18-19;/h2-19H2,1H3;. The molecule has 0 rings (SSSR count). The molecule has 0 radical (unpaired) electrons. The van der Waals surface area contributed by atoms with E-state index in [-0.39, 0.29) is 21.1 Å². The van der Waals surface area contributed by atoms with E-state index >= 15 is 0 Å². The largest absolute Gasteiger partial charge is 0.138 e. The van der Waals surface area contributed by atoms with E-state index in [1.165, 1.54) is 109 Å². The van der Waals surface area contributed by atoms with Gasteiger partial charge in [0.05, 0.1) is 0 Å². The van der Waals surface area contributed by atoms with Crippen LogP contribution in [-0.4, -0.2) is 6.16 Å². The van der Waals surface area contributed by atoms with Crippen molar-refractivity contribution in [2.45, 2.75) is 110 Å². The first kappa shape index (κ1) is 23.4. The van der Waals surface area contributed by atoms with E-state index in [0.717, 1.165) is 0 Å². The summed E-state index contributed by atoms with van der Waals surface area (Å²) in [4.78, 5) is 0. The van der Waals surface area contributed by atoms with E-state index in [9.17, 15) is 0 Å². The van der Waals surface area contributed by atoms with Gasteiger partial charge in [-0.3, -0.25) is 0 Å². The van der Waals surface area contributed by atoms with Crippen LogP contribution in [0.3, 0.4) is 0 Å². The molecule has 0 amide bonds. The van der Waals surface area contributed by atoms with E-state index < -0.39 is 0 Å². The minimum absolute atomic E-state index is 0. The second-order valence-corrected chi connectivity index (χ2v) is 6.67. The average molecular weight is 470 g/mol. The van der Waals surface area contributed by atoms with E-state index in [0.29, 0.717) is 0 Å². The maximum absolute atomic E-state index is 2.83. The van der Waals surface area contributed by atoms with Crippen molar-refractivity contribution < 1.29 is 21.1 Å². The summed E-state index contributed by atoms with van der Waals surface area (Å²) in [5.41, 5.74) is 0. The van der Waals surface area contributed by atoms with Crippen LogP contribution in [0.25, 0.3) is 0 Å². The Morgan fingerprint density at radius 2 is 0.700 bits per heavy atom. The topological polar surface area (TPSA) is 0 Å². The molecule has 0 aliphatic carbocycles. The Labute approximate surface area is 146 Å². The van der Waals surface area contributed by atoms with Crippen LogP contribution >= 0.6 is 9.24 Å². The molecule has 0 aromatic heterocycles. The Balaban J connectivity index is 0. The van der Waals surface area contributed by atoms with Crippen LogP contribution in [0.1, 0.15) is 110 Å².